The van der Waals surface area contributed by atoms with Crippen LogP contribution >= 0.6 is 0 Å². The Balaban J connectivity index is 1.39. The lowest BCUT2D eigenvalue weighted by Crippen LogP contribution is -2.36. The molecule has 4 aromatic rings. The standard InChI is InChI=1S/C27H26N2O2/c1-31-22-12-10-20(11-13-22)27-24(23-8-4-5-9-25(23)28-27)14-15-26(30)29-17-16-19-6-2-3-7-21(19)18-29/h2-13,28H,14-18H2,1H3. The highest BCUT2D eigenvalue weighted by molar-refractivity contribution is 5.91. The minimum absolute atomic E-state index is 0.223. The number of carbonyl (C=O) groups is 1. The molecule has 156 valence electrons. The number of amides is 1. The summed E-state index contributed by atoms with van der Waals surface area (Å²) in [6, 6.07) is 24.8. The first-order valence-electron chi connectivity index (χ1n) is 10.8. The summed E-state index contributed by atoms with van der Waals surface area (Å²) in [7, 11) is 1.67. The summed E-state index contributed by atoms with van der Waals surface area (Å²) in [5, 5.41) is 1.19. The first kappa shape index (κ1) is 19.4. The summed E-state index contributed by atoms with van der Waals surface area (Å²) in [5.41, 5.74) is 7.12. The molecule has 1 N–H and O–H groups in total. The van der Waals surface area contributed by atoms with E-state index in [9.17, 15) is 4.79 Å². The second kappa shape index (κ2) is 8.31. The molecule has 1 aliphatic rings. The lowest BCUT2D eigenvalue weighted by Gasteiger charge is -2.29. The number of aromatic amines is 1. The Bertz CT molecular complexity index is 1220. The lowest BCUT2D eigenvalue weighted by atomic mass is 9.98. The van der Waals surface area contributed by atoms with Crippen LogP contribution in [0.15, 0.2) is 72.8 Å². The number of carbonyl (C=O) groups excluding carboxylic acids is 1. The maximum absolute atomic E-state index is 13.1. The Morgan fingerprint density at radius 1 is 0.968 bits per heavy atom. The fraction of sp³-hybridized carbons (Fsp3) is 0.222. The molecule has 0 saturated heterocycles. The number of hydrogen-bond acceptors (Lipinski definition) is 2. The van der Waals surface area contributed by atoms with E-state index in [1.54, 1.807) is 7.11 Å². The molecule has 5 rings (SSSR count). The third-order valence-electron chi connectivity index (χ3n) is 6.26. The summed E-state index contributed by atoms with van der Waals surface area (Å²) in [5.74, 6) is 1.06. The Morgan fingerprint density at radius 3 is 2.52 bits per heavy atom. The van der Waals surface area contributed by atoms with Gasteiger partial charge >= 0.3 is 0 Å². The van der Waals surface area contributed by atoms with Crippen molar-refractivity contribution in [3.63, 3.8) is 0 Å². The van der Waals surface area contributed by atoms with Crippen LogP contribution in [0.1, 0.15) is 23.1 Å². The van der Waals surface area contributed by atoms with Crippen LogP contribution in [-0.4, -0.2) is 29.4 Å². The molecule has 31 heavy (non-hydrogen) atoms. The van der Waals surface area contributed by atoms with E-state index in [-0.39, 0.29) is 5.91 Å². The minimum atomic E-state index is 0.223. The van der Waals surface area contributed by atoms with Crippen LogP contribution < -0.4 is 4.74 Å². The molecule has 1 aromatic heterocycles. The average Bonchev–Trinajstić information content (AvgIpc) is 3.20. The van der Waals surface area contributed by atoms with Crippen molar-refractivity contribution in [1.29, 1.82) is 0 Å². The Morgan fingerprint density at radius 2 is 1.71 bits per heavy atom. The molecule has 4 nitrogen and oxygen atoms in total. The predicted octanol–water partition coefficient (Wildman–Crippen LogP) is 5.36. The van der Waals surface area contributed by atoms with E-state index < -0.39 is 0 Å². The highest BCUT2D eigenvalue weighted by Crippen LogP contribution is 2.32. The topological polar surface area (TPSA) is 45.3 Å². The largest absolute Gasteiger partial charge is 0.497 e. The fourth-order valence-corrected chi connectivity index (χ4v) is 4.56. The van der Waals surface area contributed by atoms with Crippen molar-refractivity contribution < 1.29 is 9.53 Å². The second-order valence-corrected chi connectivity index (χ2v) is 8.09. The molecule has 2 heterocycles. The van der Waals surface area contributed by atoms with E-state index in [1.165, 1.54) is 22.1 Å². The lowest BCUT2D eigenvalue weighted by molar-refractivity contribution is -0.132. The summed E-state index contributed by atoms with van der Waals surface area (Å²) in [6.07, 6.45) is 2.15. The van der Waals surface area contributed by atoms with E-state index in [2.05, 4.69) is 59.6 Å². The van der Waals surface area contributed by atoms with Crippen molar-refractivity contribution in [3.05, 3.63) is 89.5 Å². The van der Waals surface area contributed by atoms with Gasteiger partial charge in [-0.2, -0.15) is 0 Å². The highest BCUT2D eigenvalue weighted by atomic mass is 16.5. The van der Waals surface area contributed by atoms with Crippen LogP contribution in [0.25, 0.3) is 22.2 Å². The second-order valence-electron chi connectivity index (χ2n) is 8.09. The van der Waals surface area contributed by atoms with Crippen molar-refractivity contribution in [1.82, 2.24) is 9.88 Å². The van der Waals surface area contributed by atoms with Gasteiger partial charge in [0.05, 0.1) is 7.11 Å². The Hall–Kier alpha value is -3.53. The molecule has 0 fully saturated rings. The van der Waals surface area contributed by atoms with Crippen LogP contribution in [-0.2, 0) is 24.2 Å². The normalized spacial score (nSPS) is 13.3. The van der Waals surface area contributed by atoms with Crippen molar-refractivity contribution in [2.24, 2.45) is 0 Å². The van der Waals surface area contributed by atoms with E-state index >= 15 is 0 Å². The monoisotopic (exact) mass is 410 g/mol. The van der Waals surface area contributed by atoms with Gasteiger partial charge in [-0.25, -0.2) is 0 Å². The van der Waals surface area contributed by atoms with Crippen molar-refractivity contribution in [2.75, 3.05) is 13.7 Å². The van der Waals surface area contributed by atoms with Crippen LogP contribution in [0, 0.1) is 0 Å². The summed E-state index contributed by atoms with van der Waals surface area (Å²) in [6.45, 7) is 1.52. The number of ether oxygens (including phenoxy) is 1. The molecule has 0 atom stereocenters. The van der Waals surface area contributed by atoms with Crippen LogP contribution in [0.3, 0.4) is 0 Å². The van der Waals surface area contributed by atoms with Crippen molar-refractivity contribution >= 4 is 16.8 Å². The number of nitrogens with zero attached hydrogens (tertiary/aromatic N) is 1. The number of rotatable bonds is 5. The molecule has 0 saturated carbocycles. The molecule has 3 aromatic carbocycles. The Labute approximate surface area is 182 Å². The summed E-state index contributed by atoms with van der Waals surface area (Å²) < 4.78 is 5.30. The Kier molecular flexibility index (Phi) is 5.21. The fourth-order valence-electron chi connectivity index (χ4n) is 4.56. The third kappa shape index (κ3) is 3.81. The molecule has 1 aliphatic heterocycles. The van der Waals surface area contributed by atoms with Crippen LogP contribution in [0.4, 0.5) is 0 Å². The molecule has 0 bridgehead atoms. The van der Waals surface area contributed by atoms with Gasteiger partial charge in [0, 0.05) is 36.1 Å². The van der Waals surface area contributed by atoms with Gasteiger partial charge in [0.2, 0.25) is 5.91 Å². The zero-order valence-electron chi connectivity index (χ0n) is 17.7. The molecular weight excluding hydrogens is 384 g/mol. The van der Waals surface area contributed by atoms with Gasteiger partial charge in [0.25, 0.3) is 0 Å². The number of benzene rings is 3. The molecule has 0 spiro atoms. The number of fused-ring (bicyclic) bond motifs is 2. The molecule has 0 unspecified atom stereocenters. The first-order valence-corrected chi connectivity index (χ1v) is 10.8. The van der Waals surface area contributed by atoms with Gasteiger partial charge in [0.15, 0.2) is 0 Å². The number of aryl methyl sites for hydroxylation is 1. The van der Waals surface area contributed by atoms with Gasteiger partial charge in [0.1, 0.15) is 5.75 Å². The van der Waals surface area contributed by atoms with Crippen molar-refractivity contribution in [2.45, 2.75) is 25.8 Å². The molecule has 0 radical (unpaired) electrons. The summed E-state index contributed by atoms with van der Waals surface area (Å²) >= 11 is 0. The number of H-pyrrole nitrogens is 1. The SMILES string of the molecule is COc1ccc(-c2[nH]c3ccccc3c2CCC(=O)N2CCc3ccccc3C2)cc1. The molecule has 4 heteroatoms. The molecule has 1 amide bonds. The van der Waals surface area contributed by atoms with Gasteiger partial charge in [-0.1, -0.05) is 42.5 Å². The summed E-state index contributed by atoms with van der Waals surface area (Å²) in [4.78, 5) is 18.6. The van der Waals surface area contributed by atoms with Crippen molar-refractivity contribution in [3.8, 4) is 17.0 Å². The van der Waals surface area contributed by atoms with Gasteiger partial charge in [-0.15, -0.1) is 0 Å². The number of aromatic nitrogens is 1. The van der Waals surface area contributed by atoms with Crippen LogP contribution in [0.2, 0.25) is 0 Å². The maximum atomic E-state index is 13.1. The third-order valence-corrected chi connectivity index (χ3v) is 6.26. The van der Waals surface area contributed by atoms with Gasteiger partial charge in [-0.05, 0) is 65.4 Å². The molecular formula is C27H26N2O2. The zero-order chi connectivity index (χ0) is 21.2. The number of para-hydroxylation sites is 1. The zero-order valence-corrected chi connectivity index (χ0v) is 17.7. The minimum Gasteiger partial charge on any atom is -0.497 e. The number of nitrogens with one attached hydrogen (secondary N) is 1. The number of methoxy groups -OCH3 is 1. The smallest absolute Gasteiger partial charge is 0.223 e. The molecule has 0 aliphatic carbocycles. The van der Waals surface area contributed by atoms with E-state index in [0.717, 1.165) is 35.5 Å². The first-order chi connectivity index (χ1) is 15.2. The predicted molar refractivity (Wildman–Crippen MR) is 124 cm³/mol. The van der Waals surface area contributed by atoms with Crippen LogP contribution in [0.5, 0.6) is 5.75 Å². The quantitative estimate of drug-likeness (QED) is 0.481. The van der Waals surface area contributed by atoms with E-state index in [4.69, 9.17) is 4.74 Å². The van der Waals surface area contributed by atoms with Gasteiger partial charge in [-0.3, -0.25) is 4.79 Å². The van der Waals surface area contributed by atoms with Gasteiger partial charge < -0.3 is 14.6 Å². The van der Waals surface area contributed by atoms with E-state index in [1.807, 2.05) is 23.1 Å². The highest BCUT2D eigenvalue weighted by Gasteiger charge is 2.21. The van der Waals surface area contributed by atoms with E-state index in [0.29, 0.717) is 19.4 Å². The average molecular weight is 411 g/mol. The number of hydrogen-bond donors (Lipinski definition) is 1. The maximum Gasteiger partial charge on any atom is 0.223 e.